The van der Waals surface area contributed by atoms with Gasteiger partial charge in [-0.2, -0.15) is 0 Å². The number of halogens is 2. The third-order valence-corrected chi connectivity index (χ3v) is 4.06. The molecule has 0 amide bonds. The highest BCUT2D eigenvalue weighted by Gasteiger charge is 2.17. The van der Waals surface area contributed by atoms with Crippen LogP contribution in [0.25, 0.3) is 0 Å². The van der Waals surface area contributed by atoms with E-state index < -0.39 is 0 Å². The highest BCUT2D eigenvalue weighted by atomic mass is 35.5. The molecule has 0 atom stereocenters. The van der Waals surface area contributed by atoms with Crippen molar-refractivity contribution in [2.75, 3.05) is 18.0 Å². The molecule has 0 aliphatic carbocycles. The lowest BCUT2D eigenvalue weighted by molar-refractivity contribution is 0.618. The summed E-state index contributed by atoms with van der Waals surface area (Å²) in [5.41, 5.74) is 3.55. The second-order valence-electron chi connectivity index (χ2n) is 5.03. The van der Waals surface area contributed by atoms with Gasteiger partial charge in [0.25, 0.3) is 0 Å². The Balaban J connectivity index is 1.87. The zero-order chi connectivity index (χ0) is 13.9. The summed E-state index contributed by atoms with van der Waals surface area (Å²) >= 11 is 5.92. The van der Waals surface area contributed by atoms with Crippen LogP contribution in [0.1, 0.15) is 16.7 Å². The number of hydrogen-bond acceptors (Lipinski definition) is 2. The average molecular weight is 291 g/mol. The predicted octanol–water partition coefficient (Wildman–Crippen LogP) is 3.56. The molecule has 0 spiro atoms. The number of anilines is 1. The van der Waals surface area contributed by atoms with Crippen molar-refractivity contribution in [3.8, 4) is 0 Å². The lowest BCUT2D eigenvalue weighted by Crippen LogP contribution is -2.28. The fourth-order valence-corrected chi connectivity index (χ4v) is 2.93. The van der Waals surface area contributed by atoms with Gasteiger partial charge in [-0.1, -0.05) is 24.3 Å². The molecule has 0 saturated carbocycles. The molecule has 20 heavy (non-hydrogen) atoms. The Morgan fingerprint density at radius 2 is 1.80 bits per heavy atom. The molecule has 1 aromatic carbocycles. The molecule has 0 unspecified atom stereocenters. The first-order chi connectivity index (χ1) is 9.78. The van der Waals surface area contributed by atoms with Gasteiger partial charge in [0.05, 0.1) is 12.1 Å². The SMILES string of the molecule is Fc1cnc(N2CCc3ccccc3CC2)c(CCl)c1. The number of fused-ring (bicyclic) bond motifs is 1. The Bertz CT molecular complexity index is 588. The first-order valence-electron chi connectivity index (χ1n) is 6.80. The van der Waals surface area contributed by atoms with Crippen LogP contribution in [0.4, 0.5) is 10.2 Å². The minimum absolute atomic E-state index is 0.281. The molecule has 1 aliphatic rings. The van der Waals surface area contributed by atoms with E-state index in [1.54, 1.807) is 0 Å². The smallest absolute Gasteiger partial charge is 0.141 e. The lowest BCUT2D eigenvalue weighted by atomic mass is 10.0. The van der Waals surface area contributed by atoms with Crippen LogP contribution in [-0.4, -0.2) is 18.1 Å². The third kappa shape index (κ3) is 2.63. The van der Waals surface area contributed by atoms with Crippen molar-refractivity contribution in [2.24, 2.45) is 0 Å². The molecule has 0 radical (unpaired) electrons. The molecule has 1 aromatic heterocycles. The predicted molar refractivity (Wildman–Crippen MR) is 79.8 cm³/mol. The molecule has 2 aromatic rings. The summed E-state index contributed by atoms with van der Waals surface area (Å²) in [5.74, 6) is 0.764. The van der Waals surface area contributed by atoms with E-state index in [1.807, 2.05) is 0 Å². The minimum Gasteiger partial charge on any atom is -0.356 e. The molecule has 3 rings (SSSR count). The van der Waals surface area contributed by atoms with Gasteiger partial charge in [-0.05, 0) is 30.0 Å². The number of hydrogen-bond donors (Lipinski definition) is 0. The van der Waals surface area contributed by atoms with Crippen molar-refractivity contribution in [3.05, 3.63) is 59.0 Å². The number of aromatic nitrogens is 1. The topological polar surface area (TPSA) is 16.1 Å². The Labute approximate surface area is 123 Å². The van der Waals surface area contributed by atoms with Gasteiger partial charge in [0, 0.05) is 18.7 Å². The normalized spacial score (nSPS) is 14.8. The fraction of sp³-hybridized carbons (Fsp3) is 0.312. The Hall–Kier alpha value is -1.61. The largest absolute Gasteiger partial charge is 0.356 e. The quantitative estimate of drug-likeness (QED) is 0.786. The summed E-state index contributed by atoms with van der Waals surface area (Å²) < 4.78 is 13.3. The Kier molecular flexibility index (Phi) is 3.88. The number of benzene rings is 1. The molecular weight excluding hydrogens is 275 g/mol. The zero-order valence-corrected chi connectivity index (χ0v) is 11.9. The summed E-state index contributed by atoms with van der Waals surface area (Å²) in [6.45, 7) is 1.78. The highest BCUT2D eigenvalue weighted by molar-refractivity contribution is 6.17. The minimum atomic E-state index is -0.331. The van der Waals surface area contributed by atoms with Gasteiger partial charge in [-0.15, -0.1) is 11.6 Å². The fourth-order valence-electron chi connectivity index (χ4n) is 2.74. The van der Waals surface area contributed by atoms with E-state index in [9.17, 15) is 4.39 Å². The van der Waals surface area contributed by atoms with Gasteiger partial charge in [0.1, 0.15) is 11.6 Å². The second kappa shape index (κ2) is 5.80. The van der Waals surface area contributed by atoms with Crippen molar-refractivity contribution in [3.63, 3.8) is 0 Å². The molecule has 4 heteroatoms. The van der Waals surface area contributed by atoms with E-state index in [2.05, 4.69) is 34.1 Å². The van der Waals surface area contributed by atoms with E-state index in [4.69, 9.17) is 11.6 Å². The van der Waals surface area contributed by atoms with E-state index in [1.165, 1.54) is 23.4 Å². The number of alkyl halides is 1. The van der Waals surface area contributed by atoms with Gasteiger partial charge < -0.3 is 4.90 Å². The first kappa shape index (κ1) is 13.4. The van der Waals surface area contributed by atoms with Crippen molar-refractivity contribution in [2.45, 2.75) is 18.7 Å². The molecule has 0 bridgehead atoms. The van der Waals surface area contributed by atoms with Gasteiger partial charge in [-0.3, -0.25) is 0 Å². The molecule has 104 valence electrons. The van der Waals surface area contributed by atoms with Crippen LogP contribution in [0, 0.1) is 5.82 Å². The molecule has 0 N–H and O–H groups in total. The van der Waals surface area contributed by atoms with Crippen LogP contribution in [0.5, 0.6) is 0 Å². The van der Waals surface area contributed by atoms with Gasteiger partial charge in [-0.25, -0.2) is 9.37 Å². The van der Waals surface area contributed by atoms with Crippen molar-refractivity contribution >= 4 is 17.4 Å². The van der Waals surface area contributed by atoms with E-state index in [0.29, 0.717) is 0 Å². The van der Waals surface area contributed by atoms with Crippen molar-refractivity contribution in [1.29, 1.82) is 0 Å². The summed E-state index contributed by atoms with van der Waals surface area (Å²) in [6.07, 6.45) is 3.23. The molecule has 0 fully saturated rings. The molecule has 0 saturated heterocycles. The first-order valence-corrected chi connectivity index (χ1v) is 7.33. The Morgan fingerprint density at radius 3 is 2.40 bits per heavy atom. The number of nitrogens with zero attached hydrogens (tertiary/aromatic N) is 2. The van der Waals surface area contributed by atoms with Gasteiger partial charge >= 0.3 is 0 Å². The lowest BCUT2D eigenvalue weighted by Gasteiger charge is -2.23. The van der Waals surface area contributed by atoms with Crippen LogP contribution in [0.15, 0.2) is 36.5 Å². The van der Waals surface area contributed by atoms with E-state index in [0.717, 1.165) is 37.3 Å². The van der Waals surface area contributed by atoms with Crippen LogP contribution in [0.2, 0.25) is 0 Å². The molecule has 1 aliphatic heterocycles. The van der Waals surface area contributed by atoms with Crippen LogP contribution >= 0.6 is 11.6 Å². The maximum Gasteiger partial charge on any atom is 0.141 e. The summed E-state index contributed by atoms with van der Waals surface area (Å²) in [7, 11) is 0. The van der Waals surface area contributed by atoms with Gasteiger partial charge in [0.2, 0.25) is 0 Å². The number of rotatable bonds is 2. The van der Waals surface area contributed by atoms with E-state index in [-0.39, 0.29) is 11.7 Å². The van der Waals surface area contributed by atoms with Crippen LogP contribution in [0.3, 0.4) is 0 Å². The van der Waals surface area contributed by atoms with Crippen molar-refractivity contribution in [1.82, 2.24) is 4.98 Å². The second-order valence-corrected chi connectivity index (χ2v) is 5.29. The monoisotopic (exact) mass is 290 g/mol. The van der Waals surface area contributed by atoms with Crippen LogP contribution in [-0.2, 0) is 18.7 Å². The zero-order valence-electron chi connectivity index (χ0n) is 11.1. The molecule has 2 heterocycles. The average Bonchev–Trinajstić information content (AvgIpc) is 2.70. The third-order valence-electron chi connectivity index (χ3n) is 3.77. The van der Waals surface area contributed by atoms with Gasteiger partial charge in [0.15, 0.2) is 0 Å². The molecule has 2 nitrogen and oxygen atoms in total. The summed E-state index contributed by atoms with van der Waals surface area (Å²) in [5, 5.41) is 0. The summed E-state index contributed by atoms with van der Waals surface area (Å²) in [4.78, 5) is 6.45. The molecular formula is C16H16ClFN2. The summed E-state index contributed by atoms with van der Waals surface area (Å²) in [6, 6.07) is 10.00. The maximum absolute atomic E-state index is 13.3. The Morgan fingerprint density at radius 1 is 1.15 bits per heavy atom. The standard InChI is InChI=1S/C16H16ClFN2/c17-10-14-9-15(18)11-19-16(14)20-7-5-12-3-1-2-4-13(12)6-8-20/h1-4,9,11H,5-8,10H2. The maximum atomic E-state index is 13.3. The number of pyridine rings is 1. The van der Waals surface area contributed by atoms with E-state index >= 15 is 0 Å². The van der Waals surface area contributed by atoms with Crippen molar-refractivity contribution < 1.29 is 4.39 Å². The van der Waals surface area contributed by atoms with Crippen LogP contribution < -0.4 is 4.90 Å². The highest BCUT2D eigenvalue weighted by Crippen LogP contribution is 2.24.